The van der Waals surface area contributed by atoms with Crippen molar-refractivity contribution < 1.29 is 22.7 Å². The number of hydrogen-bond donors (Lipinski definition) is 2. The van der Waals surface area contributed by atoms with Crippen LogP contribution in [0.4, 0.5) is 26.0 Å². The van der Waals surface area contributed by atoms with Gasteiger partial charge in [-0.05, 0) is 43.6 Å². The normalized spacial score (nSPS) is 12.2. The van der Waals surface area contributed by atoms with Gasteiger partial charge in [-0.3, -0.25) is 4.98 Å². The van der Waals surface area contributed by atoms with E-state index in [1.807, 2.05) is 24.3 Å². The van der Waals surface area contributed by atoms with Crippen LogP contribution in [0.25, 0.3) is 5.57 Å². The van der Waals surface area contributed by atoms with Gasteiger partial charge in [-0.25, -0.2) is 18.7 Å². The van der Waals surface area contributed by atoms with Gasteiger partial charge < -0.3 is 24.5 Å². The van der Waals surface area contributed by atoms with Gasteiger partial charge in [0, 0.05) is 66.5 Å². The molecule has 2 heterocycles. The summed E-state index contributed by atoms with van der Waals surface area (Å²) in [6.07, 6.45) is 9.23. The first-order valence-electron chi connectivity index (χ1n) is 17.0. The van der Waals surface area contributed by atoms with Crippen molar-refractivity contribution in [1.82, 2.24) is 15.0 Å². The Kier molecular flexibility index (Phi) is 13.7. The molecule has 50 heavy (non-hydrogen) atoms. The smallest absolute Gasteiger partial charge is 0.191 e. The van der Waals surface area contributed by atoms with Crippen LogP contribution in [0.15, 0.2) is 67.1 Å². The van der Waals surface area contributed by atoms with Crippen molar-refractivity contribution in [2.75, 3.05) is 30.5 Å². The van der Waals surface area contributed by atoms with Crippen LogP contribution in [0.2, 0.25) is 23.2 Å². The van der Waals surface area contributed by atoms with Gasteiger partial charge in [0.2, 0.25) is 0 Å². The van der Waals surface area contributed by atoms with Gasteiger partial charge in [-0.2, -0.15) is 0 Å². The number of rotatable bonds is 17. The lowest BCUT2D eigenvalue weighted by molar-refractivity contribution is 0.233. The van der Waals surface area contributed by atoms with E-state index in [2.05, 4.69) is 62.5 Å². The number of nitrogens with one attached hydrogen (secondary N) is 2. The van der Waals surface area contributed by atoms with Crippen LogP contribution >= 0.6 is 11.6 Å². The van der Waals surface area contributed by atoms with Crippen molar-refractivity contribution in [3.63, 3.8) is 0 Å². The Balaban J connectivity index is 1.63. The van der Waals surface area contributed by atoms with Gasteiger partial charge in [0.25, 0.3) is 0 Å². The molecular formula is C38H48ClF2N5O3Si. The number of halogens is 3. The number of unbranched alkanes of at least 4 members (excludes halogenated alkanes) is 1. The second-order valence-corrected chi connectivity index (χ2v) is 18.5. The van der Waals surface area contributed by atoms with Crippen LogP contribution in [-0.2, 0) is 11.0 Å². The molecule has 0 radical (unpaired) electrons. The zero-order chi connectivity index (χ0) is 36.3. The van der Waals surface area contributed by atoms with Crippen LogP contribution in [-0.4, -0.2) is 43.1 Å². The number of hydrogen-bond acceptors (Lipinski definition) is 8. The number of aromatic nitrogens is 3. The molecule has 2 aromatic carbocycles. The molecule has 0 amide bonds. The van der Waals surface area contributed by atoms with E-state index in [4.69, 9.17) is 35.5 Å². The molecule has 0 aliphatic carbocycles. The molecule has 2 N–H and O–H groups in total. The van der Waals surface area contributed by atoms with Crippen LogP contribution in [0, 0.1) is 11.6 Å². The summed E-state index contributed by atoms with van der Waals surface area (Å²) in [5.74, 6) is 0.106. The lowest BCUT2D eigenvalue weighted by Crippen LogP contribution is -2.41. The number of para-hydroxylation sites is 1. The van der Waals surface area contributed by atoms with Crippen LogP contribution in [0.1, 0.15) is 70.8 Å². The topological polar surface area (TPSA) is 90.4 Å². The van der Waals surface area contributed by atoms with Crippen molar-refractivity contribution in [2.45, 2.75) is 78.6 Å². The summed E-state index contributed by atoms with van der Waals surface area (Å²) >= 11 is 6.47. The number of ether oxygens (including phenoxy) is 2. The molecular weight excluding hydrogens is 676 g/mol. The second kappa shape index (κ2) is 17.7. The minimum Gasteiger partial charge on any atom is -0.494 e. The van der Waals surface area contributed by atoms with E-state index in [0.717, 1.165) is 24.0 Å². The number of allylic oxidation sites excluding steroid dienone is 1. The fourth-order valence-corrected chi connectivity index (χ4v) is 6.00. The molecule has 0 aliphatic rings. The molecule has 12 heteroatoms. The summed E-state index contributed by atoms with van der Waals surface area (Å²) in [5, 5.41) is 7.08. The number of pyridine rings is 1. The maximum atomic E-state index is 14.9. The predicted molar refractivity (Wildman–Crippen MR) is 201 cm³/mol. The molecule has 268 valence electrons. The van der Waals surface area contributed by atoms with Gasteiger partial charge in [-0.1, -0.05) is 70.0 Å². The molecule has 0 saturated carbocycles. The Hall–Kier alpha value is -4.06. The van der Waals surface area contributed by atoms with Gasteiger partial charge in [-0.15, -0.1) is 0 Å². The fraction of sp³-hybridized carbons (Fsp3) is 0.395. The van der Waals surface area contributed by atoms with Crippen molar-refractivity contribution in [3.05, 3.63) is 101 Å². The number of nitrogens with zero attached hydrogens (tertiary/aromatic N) is 3. The van der Waals surface area contributed by atoms with Gasteiger partial charge in [0.05, 0.1) is 30.1 Å². The number of anilines is 3. The highest BCUT2D eigenvalue weighted by Crippen LogP contribution is 2.37. The summed E-state index contributed by atoms with van der Waals surface area (Å²) in [4.78, 5) is 13.8. The molecule has 0 fully saturated rings. The maximum Gasteiger partial charge on any atom is 0.191 e. The molecule has 2 aromatic heterocycles. The summed E-state index contributed by atoms with van der Waals surface area (Å²) in [7, 11) is -1.87. The highest BCUT2D eigenvalue weighted by atomic mass is 35.5. The zero-order valence-electron chi connectivity index (χ0n) is 30.0. The number of benzene rings is 2. The Morgan fingerprint density at radius 2 is 1.72 bits per heavy atom. The van der Waals surface area contributed by atoms with E-state index in [0.29, 0.717) is 60.0 Å². The molecule has 0 aliphatic heterocycles. The molecule has 4 rings (SSSR count). The van der Waals surface area contributed by atoms with Crippen LogP contribution in [0.3, 0.4) is 0 Å². The Labute approximate surface area is 300 Å². The zero-order valence-corrected chi connectivity index (χ0v) is 31.8. The van der Waals surface area contributed by atoms with Crippen molar-refractivity contribution in [1.29, 1.82) is 0 Å². The first-order valence-corrected chi connectivity index (χ1v) is 20.3. The molecule has 4 aromatic rings. The van der Waals surface area contributed by atoms with Gasteiger partial charge in [0.1, 0.15) is 17.4 Å². The lowest BCUT2D eigenvalue weighted by atomic mass is 10.0. The summed E-state index contributed by atoms with van der Waals surface area (Å²) in [6.45, 7) is 16.2. The lowest BCUT2D eigenvalue weighted by Gasteiger charge is -2.36. The Morgan fingerprint density at radius 1 is 0.980 bits per heavy atom. The van der Waals surface area contributed by atoms with Crippen LogP contribution in [0.5, 0.6) is 11.5 Å². The van der Waals surface area contributed by atoms with Crippen molar-refractivity contribution in [3.8, 4) is 11.5 Å². The standard InChI is InChI=1S/C38H48ClF2N5O3Si/c1-8-10-14-28(27-15-11-12-16-33(27)43-23-29-31(40)21-26(47-9-2)22-32(29)41)36-44-25-35(37(46-36)45-34-17-18-42-24-30(34)39)48-19-13-20-49-50(6,7)38(3,4)5/h11-12,14-18,21-22,24-25,43H,8-10,13,19-20,23H2,1-7H3,(H,42,44,45,46)/b28-14+. The van der Waals surface area contributed by atoms with E-state index < -0.39 is 20.0 Å². The molecule has 0 bridgehead atoms. The quantitative estimate of drug-likeness (QED) is 0.0822. The molecule has 0 unspecified atom stereocenters. The van der Waals surface area contributed by atoms with E-state index >= 15 is 0 Å². The molecule has 8 nitrogen and oxygen atoms in total. The summed E-state index contributed by atoms with van der Waals surface area (Å²) in [6, 6.07) is 11.7. The van der Waals surface area contributed by atoms with E-state index in [1.54, 1.807) is 31.6 Å². The second-order valence-electron chi connectivity index (χ2n) is 13.3. The van der Waals surface area contributed by atoms with E-state index in [9.17, 15) is 8.78 Å². The van der Waals surface area contributed by atoms with Crippen molar-refractivity contribution in [2.24, 2.45) is 0 Å². The van der Waals surface area contributed by atoms with Gasteiger partial charge >= 0.3 is 0 Å². The average molecular weight is 724 g/mol. The summed E-state index contributed by atoms with van der Waals surface area (Å²) in [5.41, 5.74) is 2.71. The Morgan fingerprint density at radius 3 is 2.40 bits per heavy atom. The van der Waals surface area contributed by atoms with E-state index in [-0.39, 0.29) is 22.9 Å². The molecule has 0 atom stereocenters. The SMILES string of the molecule is CCC/C=C(/c1ncc(OCCCO[Si](C)(C)C(C)(C)C)c(Nc2ccncc2Cl)n1)c1ccccc1NCc1c(F)cc(OCC)cc1F. The monoisotopic (exact) mass is 723 g/mol. The summed E-state index contributed by atoms with van der Waals surface area (Å²) < 4.78 is 47.7. The van der Waals surface area contributed by atoms with Crippen LogP contribution < -0.4 is 20.1 Å². The molecule has 0 saturated heterocycles. The minimum absolute atomic E-state index is 0.0811. The first-order chi connectivity index (χ1) is 23.8. The highest BCUT2D eigenvalue weighted by Gasteiger charge is 2.36. The first kappa shape index (κ1) is 38.7. The van der Waals surface area contributed by atoms with E-state index in [1.165, 1.54) is 12.1 Å². The van der Waals surface area contributed by atoms with Crippen molar-refractivity contribution >= 4 is 42.7 Å². The average Bonchev–Trinajstić information content (AvgIpc) is 3.06. The third kappa shape index (κ3) is 10.2. The fourth-order valence-electron chi connectivity index (χ4n) is 4.75. The predicted octanol–water partition coefficient (Wildman–Crippen LogP) is 10.6. The molecule has 0 spiro atoms. The maximum absolute atomic E-state index is 14.9. The van der Waals surface area contributed by atoms with Gasteiger partial charge in [0.15, 0.2) is 25.7 Å². The Bertz CT molecular complexity index is 1740. The largest absolute Gasteiger partial charge is 0.494 e. The highest BCUT2D eigenvalue weighted by molar-refractivity contribution is 6.74. The minimum atomic E-state index is -1.87. The third-order valence-electron chi connectivity index (χ3n) is 8.57. The third-order valence-corrected chi connectivity index (χ3v) is 13.4.